The standard InChI is InChI=1S/C21H16F4N2O2S/c1-12-8-13(22)6-7-17(12)29-18-10-19(21(23,24)25)26-11-16(18)20(28)27-14-4-3-5-15(9-14)30-2/h3-11H,1-2H3,(H,27,28). The number of hydrogen-bond donors (Lipinski definition) is 1. The topological polar surface area (TPSA) is 51.2 Å². The summed E-state index contributed by atoms with van der Waals surface area (Å²) in [5.41, 5.74) is -0.575. The summed E-state index contributed by atoms with van der Waals surface area (Å²) >= 11 is 1.47. The first-order valence-corrected chi connectivity index (χ1v) is 9.86. The summed E-state index contributed by atoms with van der Waals surface area (Å²) in [5.74, 6) is -1.43. The molecule has 0 aliphatic rings. The largest absolute Gasteiger partial charge is 0.456 e. The molecule has 3 aromatic rings. The molecule has 0 spiro atoms. The number of carbonyl (C=O) groups is 1. The molecule has 0 unspecified atom stereocenters. The third kappa shape index (κ3) is 5.10. The van der Waals surface area contributed by atoms with Crippen LogP contribution in [0.4, 0.5) is 23.2 Å². The molecule has 0 aliphatic carbocycles. The number of aryl methyl sites for hydroxylation is 1. The van der Waals surface area contributed by atoms with Crippen LogP contribution in [-0.2, 0) is 6.18 Å². The minimum absolute atomic E-state index is 0.120. The number of pyridine rings is 1. The molecule has 30 heavy (non-hydrogen) atoms. The average Bonchev–Trinajstić information content (AvgIpc) is 2.69. The predicted octanol–water partition coefficient (Wildman–Crippen LogP) is 6.31. The van der Waals surface area contributed by atoms with E-state index in [1.165, 1.54) is 30.8 Å². The van der Waals surface area contributed by atoms with Gasteiger partial charge in [-0.25, -0.2) is 4.39 Å². The Morgan fingerprint density at radius 1 is 1.10 bits per heavy atom. The predicted molar refractivity (Wildman–Crippen MR) is 107 cm³/mol. The van der Waals surface area contributed by atoms with E-state index >= 15 is 0 Å². The highest BCUT2D eigenvalue weighted by Crippen LogP contribution is 2.34. The van der Waals surface area contributed by atoms with Gasteiger partial charge >= 0.3 is 6.18 Å². The van der Waals surface area contributed by atoms with Crippen molar-refractivity contribution in [3.8, 4) is 11.5 Å². The number of halogens is 4. The number of thioether (sulfide) groups is 1. The van der Waals surface area contributed by atoms with Crippen LogP contribution in [0.5, 0.6) is 11.5 Å². The molecule has 1 N–H and O–H groups in total. The summed E-state index contributed by atoms with van der Waals surface area (Å²) in [6.45, 7) is 1.54. The fraction of sp³-hybridized carbons (Fsp3) is 0.143. The maximum Gasteiger partial charge on any atom is 0.433 e. The lowest BCUT2D eigenvalue weighted by molar-refractivity contribution is -0.141. The molecule has 0 bridgehead atoms. The lowest BCUT2D eigenvalue weighted by Crippen LogP contribution is -2.16. The monoisotopic (exact) mass is 436 g/mol. The SMILES string of the molecule is CSc1cccc(NC(=O)c2cnc(C(F)(F)F)cc2Oc2ccc(F)cc2C)c1. The number of alkyl halides is 3. The number of hydrogen-bond acceptors (Lipinski definition) is 4. The van der Waals surface area contributed by atoms with Crippen molar-refractivity contribution in [2.45, 2.75) is 18.0 Å². The summed E-state index contributed by atoms with van der Waals surface area (Å²) in [7, 11) is 0. The Kier molecular flexibility index (Phi) is 6.31. The summed E-state index contributed by atoms with van der Waals surface area (Å²) in [5, 5.41) is 2.63. The second kappa shape index (κ2) is 8.74. The first kappa shape index (κ1) is 21.6. The number of rotatable bonds is 5. The number of nitrogens with zero attached hydrogens (tertiary/aromatic N) is 1. The van der Waals surface area contributed by atoms with Crippen LogP contribution in [0.25, 0.3) is 0 Å². The van der Waals surface area contributed by atoms with Gasteiger partial charge in [-0.05, 0) is 55.1 Å². The third-order valence-corrected chi connectivity index (χ3v) is 4.81. The number of aromatic nitrogens is 1. The van der Waals surface area contributed by atoms with Crippen LogP contribution in [0, 0.1) is 12.7 Å². The Morgan fingerprint density at radius 3 is 2.53 bits per heavy atom. The maximum absolute atomic E-state index is 13.3. The van der Waals surface area contributed by atoms with E-state index < -0.39 is 23.6 Å². The second-order valence-corrected chi connectivity index (χ2v) is 7.14. The number of benzene rings is 2. The van der Waals surface area contributed by atoms with Gasteiger partial charge in [0.15, 0.2) is 0 Å². The molecule has 1 amide bonds. The highest BCUT2D eigenvalue weighted by Gasteiger charge is 2.34. The Morgan fingerprint density at radius 2 is 1.87 bits per heavy atom. The van der Waals surface area contributed by atoms with Gasteiger partial charge < -0.3 is 10.1 Å². The Bertz CT molecular complexity index is 1090. The fourth-order valence-electron chi connectivity index (χ4n) is 2.59. The molecule has 4 nitrogen and oxygen atoms in total. The number of anilines is 1. The molecule has 0 saturated heterocycles. The maximum atomic E-state index is 13.3. The molecule has 156 valence electrons. The molecular formula is C21H16F4N2O2S. The van der Waals surface area contributed by atoms with E-state index in [0.717, 1.165) is 17.2 Å². The number of amides is 1. The molecule has 0 atom stereocenters. The van der Waals surface area contributed by atoms with Gasteiger partial charge in [-0.2, -0.15) is 13.2 Å². The lowest BCUT2D eigenvalue weighted by atomic mass is 10.2. The van der Waals surface area contributed by atoms with Gasteiger partial charge in [-0.15, -0.1) is 11.8 Å². The zero-order chi connectivity index (χ0) is 21.9. The minimum Gasteiger partial charge on any atom is -0.456 e. The summed E-state index contributed by atoms with van der Waals surface area (Å²) in [6, 6.07) is 11.2. The Hall–Kier alpha value is -3.07. The van der Waals surface area contributed by atoms with Crippen molar-refractivity contribution < 1.29 is 27.1 Å². The van der Waals surface area contributed by atoms with Crippen LogP contribution in [-0.4, -0.2) is 17.1 Å². The first-order valence-electron chi connectivity index (χ1n) is 8.64. The van der Waals surface area contributed by atoms with E-state index in [0.29, 0.717) is 17.3 Å². The molecule has 2 aromatic carbocycles. The van der Waals surface area contributed by atoms with E-state index in [1.54, 1.807) is 18.2 Å². The summed E-state index contributed by atoms with van der Waals surface area (Å²) in [4.78, 5) is 17.0. The molecular weight excluding hydrogens is 420 g/mol. The van der Waals surface area contributed by atoms with Gasteiger partial charge in [0, 0.05) is 22.8 Å². The van der Waals surface area contributed by atoms with Gasteiger partial charge in [-0.1, -0.05) is 6.07 Å². The Labute approximate surface area is 174 Å². The van der Waals surface area contributed by atoms with E-state index in [1.807, 2.05) is 12.3 Å². The normalized spacial score (nSPS) is 11.3. The van der Waals surface area contributed by atoms with Crippen molar-refractivity contribution in [2.75, 3.05) is 11.6 Å². The molecule has 3 rings (SSSR count). The zero-order valence-corrected chi connectivity index (χ0v) is 16.7. The molecule has 1 aromatic heterocycles. The van der Waals surface area contributed by atoms with Crippen molar-refractivity contribution >= 4 is 23.4 Å². The van der Waals surface area contributed by atoms with E-state index in [9.17, 15) is 22.4 Å². The highest BCUT2D eigenvalue weighted by atomic mass is 32.2. The fourth-order valence-corrected chi connectivity index (χ4v) is 3.05. The van der Waals surface area contributed by atoms with Crippen LogP contribution in [0.3, 0.4) is 0 Å². The molecule has 0 aliphatic heterocycles. The van der Waals surface area contributed by atoms with E-state index in [2.05, 4.69) is 10.3 Å². The van der Waals surface area contributed by atoms with Crippen LogP contribution >= 0.6 is 11.8 Å². The van der Waals surface area contributed by atoms with Gasteiger partial charge in [-0.3, -0.25) is 9.78 Å². The van der Waals surface area contributed by atoms with Gasteiger partial charge in [0.25, 0.3) is 5.91 Å². The van der Waals surface area contributed by atoms with E-state index in [-0.39, 0.29) is 17.1 Å². The second-order valence-electron chi connectivity index (χ2n) is 6.26. The third-order valence-electron chi connectivity index (χ3n) is 4.09. The zero-order valence-electron chi connectivity index (χ0n) is 15.9. The minimum atomic E-state index is -4.72. The van der Waals surface area contributed by atoms with Crippen LogP contribution in [0.2, 0.25) is 0 Å². The number of carbonyl (C=O) groups excluding carboxylic acids is 1. The average molecular weight is 436 g/mol. The van der Waals surface area contributed by atoms with Crippen molar-refractivity contribution in [2.24, 2.45) is 0 Å². The highest BCUT2D eigenvalue weighted by molar-refractivity contribution is 7.98. The van der Waals surface area contributed by atoms with Gasteiger partial charge in [0.1, 0.15) is 28.6 Å². The molecule has 0 fully saturated rings. The van der Waals surface area contributed by atoms with Crippen molar-refractivity contribution in [1.82, 2.24) is 4.98 Å². The molecule has 9 heteroatoms. The molecule has 0 saturated carbocycles. The number of nitrogens with one attached hydrogen (secondary N) is 1. The smallest absolute Gasteiger partial charge is 0.433 e. The first-order chi connectivity index (χ1) is 14.2. The van der Waals surface area contributed by atoms with Crippen molar-refractivity contribution in [3.63, 3.8) is 0 Å². The van der Waals surface area contributed by atoms with Crippen molar-refractivity contribution in [3.05, 3.63) is 77.4 Å². The number of ether oxygens (including phenoxy) is 1. The van der Waals surface area contributed by atoms with Crippen molar-refractivity contribution in [1.29, 1.82) is 0 Å². The van der Waals surface area contributed by atoms with Crippen LogP contribution in [0.15, 0.2) is 59.6 Å². The van der Waals surface area contributed by atoms with Gasteiger partial charge in [0.05, 0.1) is 0 Å². The lowest BCUT2D eigenvalue weighted by Gasteiger charge is -2.15. The molecule has 1 heterocycles. The van der Waals surface area contributed by atoms with Crippen LogP contribution in [0.1, 0.15) is 21.6 Å². The van der Waals surface area contributed by atoms with E-state index in [4.69, 9.17) is 4.74 Å². The Balaban J connectivity index is 1.98. The quantitative estimate of drug-likeness (QED) is 0.376. The van der Waals surface area contributed by atoms with Gasteiger partial charge in [0.2, 0.25) is 0 Å². The summed E-state index contributed by atoms with van der Waals surface area (Å²) in [6.07, 6.45) is -2.04. The van der Waals surface area contributed by atoms with Crippen LogP contribution < -0.4 is 10.1 Å². The molecule has 0 radical (unpaired) electrons. The summed E-state index contributed by atoms with van der Waals surface area (Å²) < 4.78 is 58.3.